The number of hydrogen-bond donors (Lipinski definition) is 6. The van der Waals surface area contributed by atoms with Gasteiger partial charge < -0.3 is 31.1 Å². The molecule has 0 radical (unpaired) electrons. The number of carbonyl (C=O) groups is 2. The third-order valence-corrected chi connectivity index (χ3v) is 7.44. The van der Waals surface area contributed by atoms with Gasteiger partial charge in [0.15, 0.2) is 0 Å². The smallest absolute Gasteiger partial charge is 0.418 e. The van der Waals surface area contributed by atoms with E-state index in [1.165, 1.54) is 0 Å². The molecule has 0 aliphatic heterocycles. The summed E-state index contributed by atoms with van der Waals surface area (Å²) in [6.07, 6.45) is 0.802. The van der Waals surface area contributed by atoms with E-state index < -0.39 is 15.8 Å². The van der Waals surface area contributed by atoms with Crippen LogP contribution in [0.1, 0.15) is 13.8 Å². The second-order valence-corrected chi connectivity index (χ2v) is 11.4. The maximum Gasteiger partial charge on any atom is 0.418 e. The number of carbonyl (C=O) groups excluding carboxylic acids is 2. The Balaban J connectivity index is 1.52. The standard InChI is InChI=1S/C30H33N7O5S/c1-4-42-30(40)37-43(3,41)25-12-8-11-24(17-25)33-28-31-18-26(27(36-28)32-20(2)19-38)21-13-15-23(16-14-21)35-29(39)34-22-9-6-5-7-10-22/h5-18,20,38H,3-4,19H2,1-2H3,(H2,34,35,39)(H,37,40,41)(H2,31,32,33,36)/t20-,43?/m1/s1. The molecule has 0 spiro atoms. The molecule has 0 fully saturated rings. The van der Waals surface area contributed by atoms with Crippen molar-refractivity contribution >= 4 is 56.5 Å². The first-order chi connectivity index (χ1) is 20.7. The quantitative estimate of drug-likeness (QED) is 0.128. The molecule has 3 aromatic carbocycles. The third-order valence-electron chi connectivity index (χ3n) is 5.93. The number of ether oxygens (including phenoxy) is 1. The highest BCUT2D eigenvalue weighted by molar-refractivity contribution is 7.99. The van der Waals surface area contributed by atoms with Gasteiger partial charge in [0.1, 0.15) is 5.82 Å². The number of amides is 3. The van der Waals surface area contributed by atoms with E-state index in [1.54, 1.807) is 61.7 Å². The Kier molecular flexibility index (Phi) is 10.1. The molecule has 43 heavy (non-hydrogen) atoms. The molecule has 4 rings (SSSR count). The number of anilines is 5. The van der Waals surface area contributed by atoms with Gasteiger partial charge in [-0.05, 0) is 67.7 Å². The van der Waals surface area contributed by atoms with Crippen molar-refractivity contribution in [3.05, 3.63) is 85.1 Å². The van der Waals surface area contributed by atoms with Crippen LogP contribution in [0.2, 0.25) is 0 Å². The van der Waals surface area contributed by atoms with Crippen LogP contribution in [-0.2, 0) is 14.4 Å². The summed E-state index contributed by atoms with van der Waals surface area (Å²) >= 11 is 0. The molecule has 12 nitrogen and oxygen atoms in total. The number of para-hydroxylation sites is 1. The predicted molar refractivity (Wildman–Crippen MR) is 170 cm³/mol. The van der Waals surface area contributed by atoms with Crippen LogP contribution >= 0.6 is 0 Å². The molecule has 1 unspecified atom stereocenters. The Labute approximate surface area is 250 Å². The van der Waals surface area contributed by atoms with Gasteiger partial charge in [-0.2, -0.15) is 4.98 Å². The molecule has 6 N–H and O–H groups in total. The first-order valence-electron chi connectivity index (χ1n) is 13.3. The summed E-state index contributed by atoms with van der Waals surface area (Å²) in [7, 11) is -3.17. The number of urea groups is 1. The van der Waals surface area contributed by atoms with Crippen LogP contribution < -0.4 is 26.0 Å². The summed E-state index contributed by atoms with van der Waals surface area (Å²) in [6, 6.07) is 22.2. The van der Waals surface area contributed by atoms with Crippen LogP contribution in [0.25, 0.3) is 11.1 Å². The van der Waals surface area contributed by atoms with E-state index in [-0.39, 0.29) is 36.1 Å². The van der Waals surface area contributed by atoms with Gasteiger partial charge in [-0.15, -0.1) is 0 Å². The molecule has 1 heterocycles. The van der Waals surface area contributed by atoms with Gasteiger partial charge in [-0.3, -0.25) is 0 Å². The predicted octanol–water partition coefficient (Wildman–Crippen LogP) is 5.06. The summed E-state index contributed by atoms with van der Waals surface area (Å²) in [4.78, 5) is 33.5. The van der Waals surface area contributed by atoms with Crippen molar-refractivity contribution in [3.8, 4) is 11.1 Å². The molecule has 1 aromatic heterocycles. The molecule has 2 atom stereocenters. The van der Waals surface area contributed by atoms with Gasteiger partial charge in [0.2, 0.25) is 5.95 Å². The summed E-state index contributed by atoms with van der Waals surface area (Å²) in [5.41, 5.74) is 3.22. The van der Waals surface area contributed by atoms with Crippen LogP contribution in [-0.4, -0.2) is 56.5 Å². The molecule has 0 saturated heterocycles. The largest absolute Gasteiger partial charge is 0.449 e. The van der Waals surface area contributed by atoms with Crippen LogP contribution in [0.15, 0.2) is 90.0 Å². The fourth-order valence-corrected chi connectivity index (χ4v) is 4.91. The van der Waals surface area contributed by atoms with E-state index in [4.69, 9.17) is 4.74 Å². The number of aliphatic hydroxyl groups is 1. The maximum absolute atomic E-state index is 13.0. The average Bonchev–Trinajstić information content (AvgIpc) is 2.98. The van der Waals surface area contributed by atoms with Gasteiger partial charge in [-0.1, -0.05) is 36.4 Å². The van der Waals surface area contributed by atoms with E-state index >= 15 is 0 Å². The average molecular weight is 604 g/mol. The number of aliphatic hydroxyl groups excluding tert-OH is 1. The lowest BCUT2D eigenvalue weighted by atomic mass is 10.1. The van der Waals surface area contributed by atoms with Crippen molar-refractivity contribution in [1.82, 2.24) is 14.7 Å². The fraction of sp³-hybridized carbons (Fsp3) is 0.167. The number of nitrogens with zero attached hydrogens (tertiary/aromatic N) is 2. The lowest BCUT2D eigenvalue weighted by molar-refractivity contribution is 0.159. The third kappa shape index (κ3) is 8.67. The lowest BCUT2D eigenvalue weighted by Gasteiger charge is -2.17. The Morgan fingerprint density at radius 1 is 0.977 bits per heavy atom. The number of rotatable bonds is 11. The Morgan fingerprint density at radius 3 is 2.33 bits per heavy atom. The topological polar surface area (TPSA) is 167 Å². The molecule has 0 bridgehead atoms. The summed E-state index contributed by atoms with van der Waals surface area (Å²) in [5, 5.41) is 21.5. The van der Waals surface area contributed by atoms with E-state index in [9.17, 15) is 18.9 Å². The second-order valence-electron chi connectivity index (χ2n) is 9.36. The highest BCUT2D eigenvalue weighted by atomic mass is 32.2. The van der Waals surface area contributed by atoms with Crippen LogP contribution in [0.3, 0.4) is 0 Å². The van der Waals surface area contributed by atoms with Crippen molar-refractivity contribution in [2.75, 3.05) is 34.5 Å². The zero-order valence-corrected chi connectivity index (χ0v) is 24.5. The Bertz CT molecular complexity index is 1670. The number of hydrogen-bond acceptors (Lipinski definition) is 9. The number of aromatic nitrogens is 2. The number of benzene rings is 3. The maximum atomic E-state index is 13.0. The summed E-state index contributed by atoms with van der Waals surface area (Å²) < 4.78 is 20.1. The molecule has 0 saturated carbocycles. The lowest BCUT2D eigenvalue weighted by Crippen LogP contribution is -2.31. The minimum Gasteiger partial charge on any atom is -0.449 e. The minimum absolute atomic E-state index is 0.126. The molecule has 224 valence electrons. The number of nitrogens with one attached hydrogen (secondary N) is 5. The van der Waals surface area contributed by atoms with E-state index in [1.807, 2.05) is 37.3 Å². The van der Waals surface area contributed by atoms with Gasteiger partial charge in [-0.25, -0.2) is 23.5 Å². The van der Waals surface area contributed by atoms with Gasteiger partial charge >= 0.3 is 12.1 Å². The zero-order chi connectivity index (χ0) is 30.8. The molecule has 0 aliphatic rings. The Hall–Kier alpha value is -5.14. The van der Waals surface area contributed by atoms with Crippen LogP contribution in [0.5, 0.6) is 0 Å². The van der Waals surface area contributed by atoms with Gasteiger partial charge in [0.05, 0.1) is 27.8 Å². The molecular weight excluding hydrogens is 570 g/mol. The molecule has 3 amide bonds. The van der Waals surface area contributed by atoms with Gasteiger partial charge in [0, 0.05) is 34.9 Å². The van der Waals surface area contributed by atoms with Crippen molar-refractivity contribution in [2.24, 2.45) is 0 Å². The highest BCUT2D eigenvalue weighted by Crippen LogP contribution is 2.29. The zero-order valence-electron chi connectivity index (χ0n) is 23.7. The normalized spacial score (nSPS) is 12.7. The highest BCUT2D eigenvalue weighted by Gasteiger charge is 2.15. The van der Waals surface area contributed by atoms with Crippen LogP contribution in [0.4, 0.5) is 38.4 Å². The van der Waals surface area contributed by atoms with Crippen molar-refractivity contribution < 1.29 is 23.6 Å². The summed E-state index contributed by atoms with van der Waals surface area (Å²) in [6.45, 7) is 3.46. The monoisotopic (exact) mass is 603 g/mol. The van der Waals surface area contributed by atoms with E-state index in [2.05, 4.69) is 41.8 Å². The van der Waals surface area contributed by atoms with Gasteiger partial charge in [0.25, 0.3) is 0 Å². The SMILES string of the molecule is C=S(=O)(NC(=O)OCC)c1cccc(Nc2ncc(-c3ccc(NC(=O)Nc4ccccc4)cc3)c(N[C@H](C)CO)n2)c1. The van der Waals surface area contributed by atoms with Crippen molar-refractivity contribution in [1.29, 1.82) is 0 Å². The van der Waals surface area contributed by atoms with Crippen molar-refractivity contribution in [3.63, 3.8) is 0 Å². The van der Waals surface area contributed by atoms with E-state index in [0.717, 1.165) is 5.56 Å². The second kappa shape index (κ2) is 14.2. The van der Waals surface area contributed by atoms with E-state index in [0.29, 0.717) is 28.4 Å². The molecule has 13 heteroatoms. The first kappa shape index (κ1) is 30.8. The Morgan fingerprint density at radius 2 is 1.65 bits per heavy atom. The van der Waals surface area contributed by atoms with Crippen molar-refractivity contribution in [2.45, 2.75) is 24.8 Å². The molecular formula is C30H33N7O5S. The molecule has 0 aliphatic carbocycles. The minimum atomic E-state index is -3.17. The molecule has 4 aromatic rings. The van der Waals surface area contributed by atoms with Crippen LogP contribution in [0, 0.1) is 0 Å². The fourth-order valence-electron chi connectivity index (χ4n) is 3.85. The summed E-state index contributed by atoms with van der Waals surface area (Å²) in [5.74, 6) is 4.34. The first-order valence-corrected chi connectivity index (χ1v) is 15.1.